The smallest absolute Gasteiger partial charge is 0.355 e. The van der Waals surface area contributed by atoms with Gasteiger partial charge in [-0.1, -0.05) is 0 Å². The largest absolute Gasteiger partial charge is 0.373 e. The van der Waals surface area contributed by atoms with Gasteiger partial charge in [0.25, 0.3) is 5.69 Å². The Morgan fingerprint density at radius 1 is 1.38 bits per heavy atom. The van der Waals surface area contributed by atoms with E-state index in [1.165, 1.54) is 31.4 Å². The Balaban J connectivity index is 2.59. The lowest BCUT2D eigenvalue weighted by atomic mass is 10.2. The van der Waals surface area contributed by atoms with Crippen molar-refractivity contribution in [3.05, 3.63) is 39.9 Å². The van der Waals surface area contributed by atoms with Gasteiger partial charge in [-0.25, -0.2) is 4.79 Å². The predicted molar refractivity (Wildman–Crippen MR) is 51.5 cm³/mol. The second kappa shape index (κ2) is 5.79. The van der Waals surface area contributed by atoms with Crippen LogP contribution in [0.5, 0.6) is 0 Å². The van der Waals surface area contributed by atoms with E-state index in [-0.39, 0.29) is 18.0 Å². The zero-order valence-electron chi connectivity index (χ0n) is 8.41. The molecule has 0 spiro atoms. The molecule has 0 aromatic heterocycles. The number of carbonyl (C=O) groups is 1. The van der Waals surface area contributed by atoms with Gasteiger partial charge in [0.1, 0.15) is 0 Å². The molecule has 0 unspecified atom stereocenters. The fourth-order valence-electron chi connectivity index (χ4n) is 0.893. The number of carbonyl (C=O) groups excluding carboxylic acids is 1. The summed E-state index contributed by atoms with van der Waals surface area (Å²) in [6.07, 6.45) is 0. The van der Waals surface area contributed by atoms with E-state index in [0.717, 1.165) is 0 Å². The fourth-order valence-corrected chi connectivity index (χ4v) is 0.893. The van der Waals surface area contributed by atoms with Crippen molar-refractivity contribution in [2.45, 2.75) is 0 Å². The fraction of sp³-hybridized carbons (Fsp3) is 0.222. The second-order valence-electron chi connectivity index (χ2n) is 2.70. The van der Waals surface area contributed by atoms with Crippen LogP contribution in [0.1, 0.15) is 10.4 Å². The van der Waals surface area contributed by atoms with E-state index in [0.29, 0.717) is 0 Å². The van der Waals surface area contributed by atoms with Crippen LogP contribution in [0.3, 0.4) is 0 Å². The maximum Gasteiger partial charge on any atom is 0.373 e. The zero-order chi connectivity index (χ0) is 12.0. The molecular weight excluding hydrogens is 218 g/mol. The van der Waals surface area contributed by atoms with Gasteiger partial charge in [0.2, 0.25) is 0 Å². The molecule has 0 aliphatic rings. The molecule has 7 nitrogen and oxygen atoms in total. The lowest BCUT2D eigenvalue weighted by molar-refractivity contribution is -0.384. The summed E-state index contributed by atoms with van der Waals surface area (Å²) in [5, 5.41) is 10.3. The molecule has 0 heterocycles. The quantitative estimate of drug-likeness (QED) is 0.247. The molecule has 0 aliphatic heterocycles. The first kappa shape index (κ1) is 12.1. The highest BCUT2D eigenvalue weighted by Gasteiger charge is 2.11. The summed E-state index contributed by atoms with van der Waals surface area (Å²) in [7, 11) is 1.37. The Morgan fingerprint density at radius 2 is 2.00 bits per heavy atom. The Hall–Kier alpha value is -1.99. The van der Waals surface area contributed by atoms with Crippen molar-refractivity contribution in [3.63, 3.8) is 0 Å². The van der Waals surface area contributed by atoms with Crippen molar-refractivity contribution in [2.75, 3.05) is 13.9 Å². The maximum absolute atomic E-state index is 11.2. The van der Waals surface area contributed by atoms with Crippen molar-refractivity contribution in [1.29, 1.82) is 0 Å². The topological polar surface area (TPSA) is 87.9 Å². The van der Waals surface area contributed by atoms with E-state index in [4.69, 9.17) is 0 Å². The molecule has 0 saturated carbocycles. The van der Waals surface area contributed by atoms with Crippen molar-refractivity contribution in [3.8, 4) is 0 Å². The van der Waals surface area contributed by atoms with Gasteiger partial charge >= 0.3 is 5.97 Å². The summed E-state index contributed by atoms with van der Waals surface area (Å²) in [6, 6.07) is 4.95. The van der Waals surface area contributed by atoms with Gasteiger partial charge < -0.3 is 4.74 Å². The average molecular weight is 227 g/mol. The summed E-state index contributed by atoms with van der Waals surface area (Å²) in [6.45, 7) is -0.182. The van der Waals surface area contributed by atoms with Crippen LogP contribution in [0, 0.1) is 10.1 Å². The first-order valence-electron chi connectivity index (χ1n) is 4.22. The number of nitrogens with zero attached hydrogens (tertiary/aromatic N) is 1. The van der Waals surface area contributed by atoms with Gasteiger partial charge in [0, 0.05) is 19.2 Å². The minimum absolute atomic E-state index is 0.102. The number of hydrogen-bond donors (Lipinski definition) is 0. The highest BCUT2D eigenvalue weighted by atomic mass is 17.2. The summed E-state index contributed by atoms with van der Waals surface area (Å²) >= 11 is 0. The summed E-state index contributed by atoms with van der Waals surface area (Å²) < 4.78 is 4.49. The third-order valence-electron chi connectivity index (χ3n) is 1.61. The van der Waals surface area contributed by atoms with Gasteiger partial charge in [-0.15, -0.1) is 0 Å². The minimum Gasteiger partial charge on any atom is -0.355 e. The number of non-ortho nitro benzene ring substituents is 1. The van der Waals surface area contributed by atoms with E-state index in [2.05, 4.69) is 14.5 Å². The van der Waals surface area contributed by atoms with Crippen LogP contribution in [0.2, 0.25) is 0 Å². The van der Waals surface area contributed by atoms with E-state index in [1.54, 1.807) is 0 Å². The number of benzene rings is 1. The molecule has 0 radical (unpaired) electrons. The molecule has 0 N–H and O–H groups in total. The monoisotopic (exact) mass is 227 g/mol. The highest BCUT2D eigenvalue weighted by Crippen LogP contribution is 2.12. The van der Waals surface area contributed by atoms with Gasteiger partial charge in [-0.3, -0.25) is 15.0 Å². The van der Waals surface area contributed by atoms with Crippen LogP contribution >= 0.6 is 0 Å². The van der Waals surface area contributed by atoms with E-state index in [9.17, 15) is 14.9 Å². The third kappa shape index (κ3) is 3.30. The van der Waals surface area contributed by atoms with E-state index < -0.39 is 10.9 Å². The molecular formula is C9H9NO6. The summed E-state index contributed by atoms with van der Waals surface area (Å²) in [5.74, 6) is -0.744. The Labute approximate surface area is 90.6 Å². The molecule has 1 aromatic carbocycles. The molecule has 0 atom stereocenters. The van der Waals surface area contributed by atoms with Crippen LogP contribution in [0.25, 0.3) is 0 Å². The van der Waals surface area contributed by atoms with Gasteiger partial charge in [0.05, 0.1) is 10.5 Å². The molecule has 0 aliphatic carbocycles. The Bertz CT molecular complexity index is 374. The molecule has 0 amide bonds. The highest BCUT2D eigenvalue weighted by molar-refractivity contribution is 5.89. The minimum atomic E-state index is -0.744. The number of hydrogen-bond acceptors (Lipinski definition) is 6. The zero-order valence-corrected chi connectivity index (χ0v) is 8.41. The van der Waals surface area contributed by atoms with Crippen molar-refractivity contribution < 1.29 is 24.2 Å². The summed E-state index contributed by atoms with van der Waals surface area (Å²) in [5.41, 5.74) is 0.0519. The Kier molecular flexibility index (Phi) is 4.37. The van der Waals surface area contributed by atoms with Gasteiger partial charge in [-0.2, -0.15) is 4.89 Å². The van der Waals surface area contributed by atoms with Gasteiger partial charge in [-0.05, 0) is 12.1 Å². The number of rotatable bonds is 5. The second-order valence-corrected chi connectivity index (χ2v) is 2.70. The lowest BCUT2D eigenvalue weighted by Gasteiger charge is -2.01. The van der Waals surface area contributed by atoms with Crippen LogP contribution < -0.4 is 0 Å². The van der Waals surface area contributed by atoms with E-state index in [1.807, 2.05) is 0 Å². The van der Waals surface area contributed by atoms with Crippen LogP contribution in [0.15, 0.2) is 24.3 Å². The van der Waals surface area contributed by atoms with Crippen LogP contribution in [-0.2, 0) is 14.5 Å². The molecule has 0 saturated heterocycles. The standard InChI is InChI=1S/C9H9NO6/c1-14-6-15-16-9(11)7-2-4-8(5-3-7)10(12)13/h2-5H,6H2,1H3. The molecule has 0 fully saturated rings. The van der Waals surface area contributed by atoms with Gasteiger partial charge in [0.15, 0.2) is 6.79 Å². The Morgan fingerprint density at radius 3 is 2.50 bits per heavy atom. The summed E-state index contributed by atoms with van der Waals surface area (Å²) in [4.78, 5) is 29.7. The van der Waals surface area contributed by atoms with Crippen molar-refractivity contribution >= 4 is 11.7 Å². The number of nitro benzene ring substituents is 1. The first-order chi connectivity index (χ1) is 7.65. The third-order valence-corrected chi connectivity index (χ3v) is 1.61. The first-order valence-corrected chi connectivity index (χ1v) is 4.22. The number of nitro groups is 1. The lowest BCUT2D eigenvalue weighted by Crippen LogP contribution is -2.07. The van der Waals surface area contributed by atoms with E-state index >= 15 is 0 Å². The molecule has 16 heavy (non-hydrogen) atoms. The maximum atomic E-state index is 11.2. The average Bonchev–Trinajstić information content (AvgIpc) is 2.29. The number of methoxy groups -OCH3 is 1. The van der Waals surface area contributed by atoms with Crippen LogP contribution in [-0.4, -0.2) is 24.8 Å². The van der Waals surface area contributed by atoms with Crippen molar-refractivity contribution in [1.82, 2.24) is 0 Å². The molecule has 7 heteroatoms. The SMILES string of the molecule is COCOOC(=O)c1ccc([N+](=O)[O-])cc1. The molecule has 1 rings (SSSR count). The predicted octanol–water partition coefficient (Wildman–Crippen LogP) is 1.29. The molecule has 86 valence electrons. The molecule has 0 bridgehead atoms. The molecule has 1 aromatic rings. The number of ether oxygens (including phenoxy) is 1. The normalized spacial score (nSPS) is 9.81. The van der Waals surface area contributed by atoms with Crippen molar-refractivity contribution in [2.24, 2.45) is 0 Å². The van der Waals surface area contributed by atoms with Crippen LogP contribution in [0.4, 0.5) is 5.69 Å².